The summed E-state index contributed by atoms with van der Waals surface area (Å²) in [6.45, 7) is 2.07. The van der Waals surface area contributed by atoms with E-state index in [1.807, 2.05) is 30.3 Å². The number of thiophene rings is 1. The van der Waals surface area contributed by atoms with Gasteiger partial charge in [0.2, 0.25) is 0 Å². The summed E-state index contributed by atoms with van der Waals surface area (Å²) < 4.78 is 5.47. The molecule has 4 aromatic rings. The van der Waals surface area contributed by atoms with Gasteiger partial charge in [-0.3, -0.25) is 10.1 Å². The van der Waals surface area contributed by atoms with Crippen molar-refractivity contribution in [3.8, 4) is 0 Å². The Kier molecular flexibility index (Phi) is 6.29. The average molecular weight is 469 g/mol. The first-order valence-corrected chi connectivity index (χ1v) is 10.8. The van der Waals surface area contributed by atoms with Gasteiger partial charge in [-0.2, -0.15) is 0 Å². The van der Waals surface area contributed by atoms with Crippen molar-refractivity contribution in [2.75, 3.05) is 11.9 Å². The Hall–Kier alpha value is -3.56. The number of nitrogens with one attached hydrogen (secondary N) is 1. The molecule has 8 nitrogen and oxygen atoms in total. The van der Waals surface area contributed by atoms with Crippen molar-refractivity contribution in [2.45, 2.75) is 13.3 Å². The fourth-order valence-corrected chi connectivity index (χ4v) is 4.44. The minimum Gasteiger partial charge on any atom is -0.461 e. The standard InChI is InChI=1S/C22H17ClN4O4S/c1-13-18-20(26-17-8-7-15(27(29)30)11-16(17)23)24-12-25-21(18)32-19(13)22(28)31-10-9-14-5-3-2-4-6-14/h2-8,11-12H,9-10H2,1H3,(H,24,25,26). The summed E-state index contributed by atoms with van der Waals surface area (Å²) in [7, 11) is 0. The number of carbonyl (C=O) groups excluding carboxylic acids is 1. The predicted molar refractivity (Wildman–Crippen MR) is 124 cm³/mol. The molecule has 0 aliphatic heterocycles. The van der Waals surface area contributed by atoms with E-state index in [1.54, 1.807) is 6.92 Å². The number of rotatable bonds is 7. The quantitative estimate of drug-likeness (QED) is 0.210. The lowest BCUT2D eigenvalue weighted by Crippen LogP contribution is -2.07. The number of aryl methyl sites for hydroxylation is 1. The van der Waals surface area contributed by atoms with Crippen LogP contribution in [0.4, 0.5) is 17.2 Å². The second kappa shape index (κ2) is 9.29. The van der Waals surface area contributed by atoms with Crippen LogP contribution in [-0.4, -0.2) is 27.5 Å². The molecule has 2 heterocycles. The first-order chi connectivity index (χ1) is 15.4. The van der Waals surface area contributed by atoms with Crippen LogP contribution in [0.2, 0.25) is 5.02 Å². The van der Waals surface area contributed by atoms with Gasteiger partial charge >= 0.3 is 5.97 Å². The number of fused-ring (bicyclic) bond motifs is 1. The van der Waals surface area contributed by atoms with E-state index in [4.69, 9.17) is 16.3 Å². The number of anilines is 2. The van der Waals surface area contributed by atoms with Crippen molar-refractivity contribution in [3.63, 3.8) is 0 Å². The zero-order chi connectivity index (χ0) is 22.7. The highest BCUT2D eigenvalue weighted by Crippen LogP contribution is 2.36. The van der Waals surface area contributed by atoms with Crippen molar-refractivity contribution >= 4 is 56.3 Å². The first kappa shape index (κ1) is 21.7. The van der Waals surface area contributed by atoms with Crippen molar-refractivity contribution in [1.82, 2.24) is 9.97 Å². The maximum Gasteiger partial charge on any atom is 0.348 e. The van der Waals surface area contributed by atoms with E-state index in [1.165, 1.54) is 35.9 Å². The normalized spacial score (nSPS) is 10.8. The number of aromatic nitrogens is 2. The molecule has 2 aromatic heterocycles. The van der Waals surface area contributed by atoms with Crippen LogP contribution in [-0.2, 0) is 11.2 Å². The minimum atomic E-state index is -0.517. The zero-order valence-corrected chi connectivity index (χ0v) is 18.4. The van der Waals surface area contributed by atoms with Crippen molar-refractivity contribution in [1.29, 1.82) is 0 Å². The molecule has 0 saturated heterocycles. The van der Waals surface area contributed by atoms with Gasteiger partial charge in [-0.05, 0) is 24.1 Å². The summed E-state index contributed by atoms with van der Waals surface area (Å²) in [5, 5.41) is 14.9. The Morgan fingerprint density at radius 1 is 1.22 bits per heavy atom. The lowest BCUT2D eigenvalue weighted by Gasteiger charge is -2.09. The van der Waals surface area contributed by atoms with Gasteiger partial charge in [0.05, 0.1) is 27.6 Å². The summed E-state index contributed by atoms with van der Waals surface area (Å²) in [4.78, 5) is 32.7. The van der Waals surface area contributed by atoms with Crippen LogP contribution >= 0.6 is 22.9 Å². The maximum atomic E-state index is 12.7. The summed E-state index contributed by atoms with van der Waals surface area (Å²) in [5.74, 6) is 0.0311. The molecule has 10 heteroatoms. The highest BCUT2D eigenvalue weighted by molar-refractivity contribution is 7.20. The van der Waals surface area contributed by atoms with Crippen LogP contribution in [0.15, 0.2) is 54.9 Å². The zero-order valence-electron chi connectivity index (χ0n) is 16.9. The van der Waals surface area contributed by atoms with Crippen LogP contribution in [0, 0.1) is 17.0 Å². The Balaban J connectivity index is 1.56. The number of carbonyl (C=O) groups is 1. The molecule has 0 radical (unpaired) electrons. The number of ether oxygens (including phenoxy) is 1. The van der Waals surface area contributed by atoms with Gasteiger partial charge in [0, 0.05) is 18.6 Å². The van der Waals surface area contributed by atoms with E-state index in [-0.39, 0.29) is 17.3 Å². The van der Waals surface area contributed by atoms with E-state index in [2.05, 4.69) is 15.3 Å². The number of hydrogen-bond acceptors (Lipinski definition) is 8. The number of nitro benzene ring substituents is 1. The van der Waals surface area contributed by atoms with Crippen molar-refractivity contribution < 1.29 is 14.5 Å². The lowest BCUT2D eigenvalue weighted by atomic mass is 10.2. The number of nitrogens with zero attached hydrogens (tertiary/aromatic N) is 3. The molecule has 0 unspecified atom stereocenters. The van der Waals surface area contributed by atoms with Gasteiger partial charge in [0.25, 0.3) is 5.69 Å². The number of non-ortho nitro benzene ring substituents is 1. The molecule has 2 aromatic carbocycles. The number of benzene rings is 2. The average Bonchev–Trinajstić information content (AvgIpc) is 3.13. The van der Waals surface area contributed by atoms with Gasteiger partial charge in [-0.15, -0.1) is 11.3 Å². The molecule has 4 rings (SSSR count). The van der Waals surface area contributed by atoms with Gasteiger partial charge in [-0.1, -0.05) is 41.9 Å². The summed E-state index contributed by atoms with van der Waals surface area (Å²) >= 11 is 7.42. The number of esters is 1. The van der Waals surface area contributed by atoms with Gasteiger partial charge in [-0.25, -0.2) is 14.8 Å². The fourth-order valence-electron chi connectivity index (χ4n) is 3.18. The van der Waals surface area contributed by atoms with Crippen molar-refractivity contribution in [2.24, 2.45) is 0 Å². The predicted octanol–water partition coefficient (Wildman–Crippen LogP) is 5.70. The molecule has 162 valence electrons. The topological polar surface area (TPSA) is 107 Å². The molecule has 0 fully saturated rings. The van der Waals surface area contributed by atoms with Gasteiger partial charge in [0.1, 0.15) is 21.9 Å². The molecule has 0 amide bonds. The SMILES string of the molecule is Cc1c(C(=O)OCCc2ccccc2)sc2ncnc(Nc3ccc([N+](=O)[O-])cc3Cl)c12. The third-order valence-corrected chi connectivity index (χ3v) is 6.29. The third-order valence-electron chi connectivity index (χ3n) is 4.80. The lowest BCUT2D eigenvalue weighted by molar-refractivity contribution is -0.384. The van der Waals surface area contributed by atoms with Crippen LogP contribution < -0.4 is 5.32 Å². The summed E-state index contributed by atoms with van der Waals surface area (Å²) in [5.41, 5.74) is 2.12. The van der Waals surface area contributed by atoms with E-state index in [9.17, 15) is 14.9 Å². The molecule has 0 atom stereocenters. The van der Waals surface area contributed by atoms with Crippen LogP contribution in [0.3, 0.4) is 0 Å². The summed E-state index contributed by atoms with van der Waals surface area (Å²) in [6, 6.07) is 13.9. The summed E-state index contributed by atoms with van der Waals surface area (Å²) in [6.07, 6.45) is 2.01. The first-order valence-electron chi connectivity index (χ1n) is 9.60. The number of nitro groups is 1. The molecular formula is C22H17ClN4O4S. The highest BCUT2D eigenvalue weighted by Gasteiger charge is 2.21. The van der Waals surface area contributed by atoms with E-state index < -0.39 is 10.9 Å². The number of halogens is 1. The Labute approximate surface area is 192 Å². The Morgan fingerprint density at radius 2 is 2.00 bits per heavy atom. The van der Waals surface area contributed by atoms with Crippen molar-refractivity contribution in [3.05, 3.63) is 86.0 Å². The molecular weight excluding hydrogens is 452 g/mol. The molecule has 0 spiro atoms. The fraction of sp³-hybridized carbons (Fsp3) is 0.136. The molecule has 32 heavy (non-hydrogen) atoms. The highest BCUT2D eigenvalue weighted by atomic mass is 35.5. The molecule has 1 N–H and O–H groups in total. The Morgan fingerprint density at radius 3 is 2.72 bits per heavy atom. The molecule has 0 saturated carbocycles. The number of hydrogen-bond donors (Lipinski definition) is 1. The maximum absolute atomic E-state index is 12.7. The second-order valence-electron chi connectivity index (χ2n) is 6.88. The van der Waals surface area contributed by atoms with Gasteiger partial charge in [0.15, 0.2) is 0 Å². The van der Waals surface area contributed by atoms with Crippen LogP contribution in [0.1, 0.15) is 20.8 Å². The van der Waals surface area contributed by atoms with E-state index in [0.717, 1.165) is 5.56 Å². The molecule has 0 aliphatic rings. The minimum absolute atomic E-state index is 0.111. The smallest absolute Gasteiger partial charge is 0.348 e. The van der Waals surface area contributed by atoms with E-state index in [0.29, 0.717) is 38.6 Å². The van der Waals surface area contributed by atoms with Gasteiger partial charge < -0.3 is 10.1 Å². The monoisotopic (exact) mass is 468 g/mol. The molecule has 0 aliphatic carbocycles. The largest absolute Gasteiger partial charge is 0.461 e. The Bertz CT molecular complexity index is 1310. The second-order valence-corrected chi connectivity index (χ2v) is 8.28. The van der Waals surface area contributed by atoms with Crippen LogP contribution in [0.25, 0.3) is 10.2 Å². The third kappa shape index (κ3) is 4.53. The molecule has 0 bridgehead atoms. The van der Waals surface area contributed by atoms with E-state index >= 15 is 0 Å². The van der Waals surface area contributed by atoms with Crippen LogP contribution in [0.5, 0.6) is 0 Å².